The maximum Gasteiger partial charge on any atom is 0.472 e. The molecule has 488 valence electrons. The highest BCUT2D eigenvalue weighted by atomic mass is 31.2. The first-order valence-electron chi connectivity index (χ1n) is 35.3. The molecule has 1 N–H and O–H groups in total. The Labute approximate surface area is 520 Å². The molecule has 0 fully saturated rings. The summed E-state index contributed by atoms with van der Waals surface area (Å²) in [5, 5.41) is 0. The van der Waals surface area contributed by atoms with Crippen LogP contribution in [0.3, 0.4) is 0 Å². The van der Waals surface area contributed by atoms with Gasteiger partial charge in [0.25, 0.3) is 0 Å². The van der Waals surface area contributed by atoms with Gasteiger partial charge < -0.3 is 18.9 Å². The van der Waals surface area contributed by atoms with Crippen molar-refractivity contribution in [2.75, 3.05) is 47.5 Å². The first kappa shape index (κ1) is 81.2. The van der Waals surface area contributed by atoms with Gasteiger partial charge in [0, 0.05) is 12.8 Å². The first-order valence-corrected chi connectivity index (χ1v) is 36.8. The Kier molecular flexibility index (Phi) is 62.5. The number of phosphoric acid groups is 1. The van der Waals surface area contributed by atoms with Crippen LogP contribution in [0.1, 0.15) is 322 Å². The summed E-state index contributed by atoms with van der Waals surface area (Å²) in [5.41, 5.74) is 0. The number of rotatable bonds is 65. The molecule has 0 rings (SSSR count). The maximum absolute atomic E-state index is 12.9. The molecular formula is C74H135NO8P+. The Morgan fingerprint density at radius 3 is 1.01 bits per heavy atom. The van der Waals surface area contributed by atoms with Crippen molar-refractivity contribution in [3.8, 4) is 0 Å². The minimum Gasteiger partial charge on any atom is -0.462 e. The number of phosphoric ester groups is 1. The van der Waals surface area contributed by atoms with Crippen molar-refractivity contribution in [1.29, 1.82) is 0 Å². The van der Waals surface area contributed by atoms with E-state index < -0.39 is 26.5 Å². The molecule has 9 nitrogen and oxygen atoms in total. The standard InChI is InChI=1S/C74H134NO8P/c1-6-8-10-12-14-16-18-20-22-24-26-28-30-32-34-35-36-37-38-39-41-42-44-46-48-50-52-54-56-58-60-62-64-66-73(76)80-70-72(71-82-84(78,79)81-69-68-75(3,4)5)83-74(77)67-65-63-61-59-57-55-53-51-49-47-45-43-40-33-31-29-27-25-23-21-19-17-15-13-11-9-7-2/h9,11,15,17-18,20-21,23-24,26-27,29,33,40,72H,6-8,10,12-14,16,19,22,25,28,30-32,34-39,41-71H2,1-5H3/p+1/b11-9-,17-15-,20-18-,23-21-,26-24-,29-27-,40-33-. The second-order valence-corrected chi connectivity index (χ2v) is 26.3. The molecule has 0 bridgehead atoms. The number of likely N-dealkylation sites (N-methyl/N-ethyl adjacent to an activating group) is 1. The van der Waals surface area contributed by atoms with Crippen LogP contribution in [0.4, 0.5) is 0 Å². The fraction of sp³-hybridized carbons (Fsp3) is 0.784. The lowest BCUT2D eigenvalue weighted by Gasteiger charge is -2.24. The Morgan fingerprint density at radius 1 is 0.381 bits per heavy atom. The van der Waals surface area contributed by atoms with E-state index in [-0.39, 0.29) is 32.0 Å². The number of quaternary nitrogens is 1. The molecule has 2 atom stereocenters. The number of hydrogen-bond donors (Lipinski definition) is 1. The average molecular weight is 1200 g/mol. The van der Waals surface area contributed by atoms with E-state index in [0.29, 0.717) is 17.4 Å². The number of unbranched alkanes of at least 4 members (excludes halogenated alkanes) is 37. The minimum absolute atomic E-state index is 0.0295. The van der Waals surface area contributed by atoms with Gasteiger partial charge in [-0.15, -0.1) is 0 Å². The fourth-order valence-corrected chi connectivity index (χ4v) is 10.8. The summed E-state index contributed by atoms with van der Waals surface area (Å²) >= 11 is 0. The predicted octanol–water partition coefficient (Wildman–Crippen LogP) is 22.9. The van der Waals surface area contributed by atoms with Crippen molar-refractivity contribution in [2.24, 2.45) is 0 Å². The average Bonchev–Trinajstić information content (AvgIpc) is 3.61. The van der Waals surface area contributed by atoms with Crippen molar-refractivity contribution in [2.45, 2.75) is 328 Å². The van der Waals surface area contributed by atoms with Crippen LogP contribution in [-0.4, -0.2) is 74.9 Å². The molecule has 84 heavy (non-hydrogen) atoms. The molecule has 0 aromatic carbocycles. The first-order chi connectivity index (χ1) is 41.0. The molecule has 0 saturated heterocycles. The van der Waals surface area contributed by atoms with Gasteiger partial charge >= 0.3 is 19.8 Å². The van der Waals surface area contributed by atoms with E-state index in [9.17, 15) is 19.0 Å². The largest absolute Gasteiger partial charge is 0.472 e. The van der Waals surface area contributed by atoms with Gasteiger partial charge in [0.15, 0.2) is 6.10 Å². The molecule has 0 radical (unpaired) electrons. The summed E-state index contributed by atoms with van der Waals surface area (Å²) in [5.74, 6) is -0.790. The van der Waals surface area contributed by atoms with Gasteiger partial charge in [-0.05, 0) is 89.9 Å². The summed E-state index contributed by atoms with van der Waals surface area (Å²) < 4.78 is 34.7. The van der Waals surface area contributed by atoms with Crippen molar-refractivity contribution in [1.82, 2.24) is 0 Å². The molecule has 0 aromatic heterocycles. The Bertz CT molecular complexity index is 1690. The lowest BCUT2D eigenvalue weighted by Crippen LogP contribution is -2.37. The highest BCUT2D eigenvalue weighted by Crippen LogP contribution is 2.43. The smallest absolute Gasteiger partial charge is 0.462 e. The molecule has 0 aliphatic carbocycles. The molecule has 10 heteroatoms. The lowest BCUT2D eigenvalue weighted by molar-refractivity contribution is -0.870. The van der Waals surface area contributed by atoms with Crippen LogP contribution in [0.25, 0.3) is 0 Å². The number of nitrogens with zero attached hydrogens (tertiary/aromatic N) is 1. The van der Waals surface area contributed by atoms with Crippen molar-refractivity contribution in [3.05, 3.63) is 85.1 Å². The molecule has 0 aromatic rings. The molecule has 0 aliphatic rings. The summed E-state index contributed by atoms with van der Waals surface area (Å²) in [7, 11) is 1.48. The van der Waals surface area contributed by atoms with Gasteiger partial charge in [-0.2, -0.15) is 0 Å². The second-order valence-electron chi connectivity index (χ2n) is 24.9. The monoisotopic (exact) mass is 1200 g/mol. The lowest BCUT2D eigenvalue weighted by atomic mass is 10.0. The van der Waals surface area contributed by atoms with Crippen LogP contribution in [0.2, 0.25) is 0 Å². The van der Waals surface area contributed by atoms with Crippen LogP contribution in [0.5, 0.6) is 0 Å². The van der Waals surface area contributed by atoms with Crippen LogP contribution >= 0.6 is 7.82 Å². The molecule has 0 heterocycles. The Morgan fingerprint density at radius 2 is 0.679 bits per heavy atom. The normalized spacial score (nSPS) is 13.6. The van der Waals surface area contributed by atoms with Gasteiger partial charge in [0.2, 0.25) is 0 Å². The zero-order valence-corrected chi connectivity index (χ0v) is 56.5. The third kappa shape index (κ3) is 68.3. The number of esters is 2. The number of hydrogen-bond acceptors (Lipinski definition) is 7. The molecule has 0 saturated carbocycles. The highest BCUT2D eigenvalue weighted by Gasteiger charge is 2.27. The van der Waals surface area contributed by atoms with Crippen molar-refractivity contribution < 1.29 is 42.1 Å². The third-order valence-electron chi connectivity index (χ3n) is 15.4. The van der Waals surface area contributed by atoms with E-state index in [2.05, 4.69) is 98.9 Å². The summed E-state index contributed by atoms with van der Waals surface area (Å²) in [6.07, 6.45) is 88.3. The van der Waals surface area contributed by atoms with E-state index in [1.807, 2.05) is 21.1 Å². The number of carbonyl (C=O) groups excluding carboxylic acids is 2. The quantitative estimate of drug-likeness (QED) is 0.0211. The molecular weight excluding hydrogens is 1060 g/mol. The van der Waals surface area contributed by atoms with E-state index >= 15 is 0 Å². The third-order valence-corrected chi connectivity index (χ3v) is 16.4. The Hall–Kier alpha value is -2.81. The fourth-order valence-electron chi connectivity index (χ4n) is 10.0. The molecule has 2 unspecified atom stereocenters. The van der Waals surface area contributed by atoms with Gasteiger partial charge in [-0.25, -0.2) is 4.57 Å². The van der Waals surface area contributed by atoms with Gasteiger partial charge in [0.05, 0.1) is 27.7 Å². The van der Waals surface area contributed by atoms with Crippen LogP contribution in [-0.2, 0) is 32.7 Å². The van der Waals surface area contributed by atoms with Crippen LogP contribution in [0.15, 0.2) is 85.1 Å². The number of carbonyl (C=O) groups is 2. The zero-order chi connectivity index (χ0) is 61.2. The summed E-state index contributed by atoms with van der Waals surface area (Å²) in [4.78, 5) is 35.9. The molecule has 0 spiro atoms. The minimum atomic E-state index is -4.40. The number of ether oxygens (including phenoxy) is 2. The van der Waals surface area contributed by atoms with Crippen molar-refractivity contribution in [3.63, 3.8) is 0 Å². The molecule has 0 amide bonds. The zero-order valence-electron chi connectivity index (χ0n) is 55.6. The van der Waals surface area contributed by atoms with Gasteiger partial charge in [0.1, 0.15) is 19.8 Å². The highest BCUT2D eigenvalue weighted by molar-refractivity contribution is 7.47. The topological polar surface area (TPSA) is 108 Å². The number of allylic oxidation sites excluding steroid dienone is 14. The van der Waals surface area contributed by atoms with E-state index in [1.54, 1.807) is 0 Å². The molecule has 0 aliphatic heterocycles. The second kappa shape index (κ2) is 64.7. The SMILES string of the molecule is CC/C=C\C/C=C\C/C=C\C/C=C\C/C=C\CCCCCCCCCCCCCC(=O)OC(COC(=O)CCCCCCCCCCCCCCCCCCCCCCC/C=C\C/C=C\CCCCCCC)COP(=O)(O)OCC[N+](C)(C)C. The van der Waals surface area contributed by atoms with Gasteiger partial charge in [-0.3, -0.25) is 18.6 Å². The van der Waals surface area contributed by atoms with Gasteiger partial charge in [-0.1, -0.05) is 304 Å². The van der Waals surface area contributed by atoms with E-state index in [1.165, 1.54) is 212 Å². The van der Waals surface area contributed by atoms with E-state index in [4.69, 9.17) is 18.5 Å². The van der Waals surface area contributed by atoms with Crippen molar-refractivity contribution >= 4 is 19.8 Å². The van der Waals surface area contributed by atoms with Crippen LogP contribution < -0.4 is 0 Å². The maximum atomic E-state index is 12.9. The van der Waals surface area contributed by atoms with Crippen LogP contribution in [0, 0.1) is 0 Å². The Balaban J connectivity index is 4.02. The predicted molar refractivity (Wildman–Crippen MR) is 362 cm³/mol. The van der Waals surface area contributed by atoms with E-state index in [0.717, 1.165) is 77.0 Å². The summed E-state index contributed by atoms with van der Waals surface area (Å²) in [6.45, 7) is 4.34. The summed E-state index contributed by atoms with van der Waals surface area (Å²) in [6, 6.07) is 0.